The Balaban J connectivity index is 1.30. The van der Waals surface area contributed by atoms with Crippen LogP contribution in [0, 0.1) is 17.2 Å². The zero-order valence-electron chi connectivity index (χ0n) is 28.0. The molecule has 2 fully saturated rings. The lowest BCUT2D eigenvalue weighted by Crippen LogP contribution is -2.40. The number of benzene rings is 3. The van der Waals surface area contributed by atoms with Gasteiger partial charge in [0.1, 0.15) is 17.2 Å². The number of nitrogens with zero attached hydrogens (tertiary/aromatic N) is 1. The van der Waals surface area contributed by atoms with Gasteiger partial charge in [-0.05, 0) is 124 Å². The van der Waals surface area contributed by atoms with Gasteiger partial charge in [0, 0.05) is 51.9 Å². The predicted octanol–water partition coefficient (Wildman–Crippen LogP) is 8.91. The lowest BCUT2D eigenvalue weighted by molar-refractivity contribution is -0.137. The van der Waals surface area contributed by atoms with Gasteiger partial charge in [0.2, 0.25) is 0 Å². The third-order valence-corrected chi connectivity index (χ3v) is 10.7. The van der Waals surface area contributed by atoms with E-state index in [0.29, 0.717) is 17.0 Å². The first-order chi connectivity index (χ1) is 21.6. The second-order valence-electron chi connectivity index (χ2n) is 14.6. The summed E-state index contributed by atoms with van der Waals surface area (Å²) in [6.45, 7) is 7.97. The Morgan fingerprint density at radius 1 is 0.911 bits per heavy atom. The van der Waals surface area contributed by atoms with Crippen molar-refractivity contribution in [2.45, 2.75) is 89.4 Å². The van der Waals surface area contributed by atoms with Crippen LogP contribution in [0.25, 0.3) is 0 Å². The maximum atomic E-state index is 16.4. The number of fused-ring (bicyclic) bond motifs is 1. The van der Waals surface area contributed by atoms with Crippen LogP contribution in [-0.2, 0) is 15.9 Å². The van der Waals surface area contributed by atoms with Gasteiger partial charge in [-0.25, -0.2) is 4.39 Å². The quantitative estimate of drug-likeness (QED) is 0.257. The molecule has 3 aromatic carbocycles. The summed E-state index contributed by atoms with van der Waals surface area (Å²) in [7, 11) is 5.44. The van der Waals surface area contributed by atoms with E-state index in [1.807, 2.05) is 13.1 Å². The number of halogens is 1. The van der Waals surface area contributed by atoms with Crippen LogP contribution in [0.5, 0.6) is 5.75 Å². The summed E-state index contributed by atoms with van der Waals surface area (Å²) in [4.78, 5) is 2.27. The molecule has 1 saturated carbocycles. The van der Waals surface area contributed by atoms with Gasteiger partial charge in [-0.15, -0.1) is 0 Å². The number of nitrogens with one attached hydrogen (secondary N) is 1. The van der Waals surface area contributed by atoms with Crippen molar-refractivity contribution < 1.29 is 18.6 Å². The Morgan fingerprint density at radius 3 is 2.31 bits per heavy atom. The highest BCUT2D eigenvalue weighted by Gasteiger charge is 2.44. The molecule has 1 saturated heterocycles. The molecule has 1 aliphatic heterocycles. The molecule has 1 unspecified atom stereocenters. The molecule has 3 aromatic rings. The molecule has 0 radical (unpaired) electrons. The predicted molar refractivity (Wildman–Crippen MR) is 181 cm³/mol. The fourth-order valence-electron chi connectivity index (χ4n) is 8.59. The third-order valence-electron chi connectivity index (χ3n) is 10.7. The molecule has 5 nitrogen and oxygen atoms in total. The van der Waals surface area contributed by atoms with Crippen LogP contribution in [0.4, 0.5) is 15.8 Å². The van der Waals surface area contributed by atoms with Crippen molar-refractivity contribution in [1.82, 2.24) is 0 Å². The number of hydrogen-bond donors (Lipinski definition) is 1. The van der Waals surface area contributed by atoms with Crippen LogP contribution < -0.4 is 15.0 Å². The summed E-state index contributed by atoms with van der Waals surface area (Å²) >= 11 is 0. The Bertz CT molecular complexity index is 1460. The van der Waals surface area contributed by atoms with Crippen LogP contribution in [0.3, 0.4) is 0 Å². The molecule has 1 heterocycles. The van der Waals surface area contributed by atoms with Crippen LogP contribution in [-0.4, -0.2) is 46.2 Å². The molecule has 45 heavy (non-hydrogen) atoms. The number of anilines is 2. The Labute approximate surface area is 269 Å². The molecule has 1 spiro atoms. The number of methoxy groups -OCH3 is 2. The molecule has 0 amide bonds. The summed E-state index contributed by atoms with van der Waals surface area (Å²) in [5.74, 6) is 1.48. The second kappa shape index (κ2) is 13.0. The average molecular weight is 615 g/mol. The summed E-state index contributed by atoms with van der Waals surface area (Å²) in [5.41, 5.74) is 6.64. The smallest absolute Gasteiger partial charge is 0.159 e. The molecule has 242 valence electrons. The number of rotatable bonds is 8. The van der Waals surface area contributed by atoms with E-state index in [0.717, 1.165) is 68.6 Å². The lowest BCUT2D eigenvalue weighted by atomic mass is 9.69. The minimum Gasteiger partial charge on any atom is -0.488 e. The monoisotopic (exact) mass is 614 g/mol. The molecular weight excluding hydrogens is 563 g/mol. The van der Waals surface area contributed by atoms with Gasteiger partial charge in [0.05, 0.1) is 5.69 Å². The molecule has 3 aliphatic rings. The van der Waals surface area contributed by atoms with Gasteiger partial charge < -0.3 is 24.4 Å². The van der Waals surface area contributed by atoms with Crippen molar-refractivity contribution in [2.24, 2.45) is 11.3 Å². The van der Waals surface area contributed by atoms with Crippen LogP contribution >= 0.6 is 0 Å². The van der Waals surface area contributed by atoms with E-state index in [1.165, 1.54) is 23.1 Å². The van der Waals surface area contributed by atoms with Crippen molar-refractivity contribution in [2.75, 3.05) is 44.6 Å². The highest BCUT2D eigenvalue weighted by atomic mass is 19.1. The molecule has 1 N–H and O–H groups in total. The van der Waals surface area contributed by atoms with Crippen molar-refractivity contribution in [3.05, 3.63) is 88.7 Å². The SMILES string of the molecule is CNc1cc(N2CCC3(CC[C@@H](C(OC)OC)C3)CC2)c(F)cc1C1c2ccc(OC(C)(C)C)cc2CC[C@@H]1c1ccccc1. The van der Waals surface area contributed by atoms with E-state index in [1.54, 1.807) is 14.2 Å². The molecule has 2 aliphatic carbocycles. The summed E-state index contributed by atoms with van der Waals surface area (Å²) in [6, 6.07) is 21.2. The van der Waals surface area contributed by atoms with Gasteiger partial charge in [0.25, 0.3) is 0 Å². The van der Waals surface area contributed by atoms with Crippen molar-refractivity contribution in [3.63, 3.8) is 0 Å². The standard InChI is InChI=1S/C39H51FN2O3/c1-38(2,3)45-29-13-15-31-27(22-29)12-14-30(26-10-8-7-9-11-26)36(31)32-23-33(40)35(24-34(32)41-4)42-20-18-39(19-21-42)17-16-28(25-39)37(43-5)44-6/h7-11,13,15,22-24,28,30,36-37,41H,12,14,16-21,25H2,1-6H3/t28-,30-,36?/m1/s1. The van der Waals surface area contributed by atoms with E-state index in [9.17, 15) is 0 Å². The van der Waals surface area contributed by atoms with Crippen LogP contribution in [0.1, 0.15) is 93.4 Å². The largest absolute Gasteiger partial charge is 0.488 e. The van der Waals surface area contributed by atoms with E-state index < -0.39 is 0 Å². The van der Waals surface area contributed by atoms with Crippen molar-refractivity contribution in [1.29, 1.82) is 0 Å². The van der Waals surface area contributed by atoms with Gasteiger partial charge in [-0.3, -0.25) is 0 Å². The first kappa shape index (κ1) is 31.9. The summed E-state index contributed by atoms with van der Waals surface area (Å²) in [6.07, 6.45) is 7.43. The fourth-order valence-corrected chi connectivity index (χ4v) is 8.59. The lowest BCUT2D eigenvalue weighted by Gasteiger charge is -2.41. The molecule has 6 rings (SSSR count). The Hall–Kier alpha value is -3.09. The molecule has 3 atom stereocenters. The maximum absolute atomic E-state index is 16.4. The molecule has 6 heteroatoms. The summed E-state index contributed by atoms with van der Waals surface area (Å²) < 4.78 is 33.8. The van der Waals surface area contributed by atoms with Crippen LogP contribution in [0.15, 0.2) is 60.7 Å². The molecule has 0 bridgehead atoms. The topological polar surface area (TPSA) is 43.0 Å². The summed E-state index contributed by atoms with van der Waals surface area (Å²) in [5, 5.41) is 3.48. The first-order valence-corrected chi connectivity index (χ1v) is 16.8. The normalized spacial score (nSPS) is 22.9. The van der Waals surface area contributed by atoms with E-state index >= 15 is 4.39 Å². The number of aryl methyl sites for hydroxylation is 1. The van der Waals surface area contributed by atoms with E-state index in [-0.39, 0.29) is 29.5 Å². The zero-order chi connectivity index (χ0) is 31.8. The fraction of sp³-hybridized carbons (Fsp3) is 0.538. The van der Waals surface area contributed by atoms with Crippen LogP contribution in [0.2, 0.25) is 0 Å². The zero-order valence-corrected chi connectivity index (χ0v) is 28.0. The second-order valence-corrected chi connectivity index (χ2v) is 14.6. The Kier molecular flexibility index (Phi) is 9.18. The van der Waals surface area contributed by atoms with Gasteiger partial charge in [-0.1, -0.05) is 36.4 Å². The minimum absolute atomic E-state index is 0.0281. The average Bonchev–Trinajstić information content (AvgIpc) is 3.44. The van der Waals surface area contributed by atoms with Gasteiger partial charge in [0.15, 0.2) is 6.29 Å². The minimum atomic E-state index is -0.267. The van der Waals surface area contributed by atoms with E-state index in [2.05, 4.69) is 85.6 Å². The third kappa shape index (κ3) is 6.59. The number of ether oxygens (including phenoxy) is 3. The van der Waals surface area contributed by atoms with Crippen molar-refractivity contribution >= 4 is 11.4 Å². The molecule has 0 aromatic heterocycles. The highest BCUT2D eigenvalue weighted by Crippen LogP contribution is 2.52. The molecular formula is C39H51FN2O3. The number of hydrogen-bond acceptors (Lipinski definition) is 5. The first-order valence-electron chi connectivity index (χ1n) is 16.8. The van der Waals surface area contributed by atoms with Crippen molar-refractivity contribution in [3.8, 4) is 5.75 Å². The number of piperidine rings is 1. The Morgan fingerprint density at radius 2 is 1.64 bits per heavy atom. The van der Waals surface area contributed by atoms with Gasteiger partial charge in [-0.2, -0.15) is 0 Å². The highest BCUT2D eigenvalue weighted by molar-refractivity contribution is 5.67. The maximum Gasteiger partial charge on any atom is 0.159 e. The van der Waals surface area contributed by atoms with E-state index in [4.69, 9.17) is 14.2 Å². The van der Waals surface area contributed by atoms with Gasteiger partial charge >= 0.3 is 0 Å².